The fraction of sp³-hybridized carbons (Fsp3) is 0. The molecule has 0 amide bonds. The fourth-order valence-corrected chi connectivity index (χ4v) is 0. The summed E-state index contributed by atoms with van der Waals surface area (Å²) in [7, 11) is -5.17. The molecule has 0 saturated carbocycles. The molecule has 0 heterocycles. The molecule has 0 bridgehead atoms. The summed E-state index contributed by atoms with van der Waals surface area (Å²) in [6.07, 6.45) is 0. The third-order valence-corrected chi connectivity index (χ3v) is 0. The van der Waals surface area contributed by atoms with Gasteiger partial charge in [-0.1, -0.05) is 0 Å². The standard InChI is InChI=1S/Ce.2K.3Mn.H2O4S.12O/c;;;;;;1-5(2,3)4;;;;;;;;;;;;/h;;;;;;(H2,1,2,3,4);;;;;;;;;;;;/q+3;2*+1;;;;;;;;;;;;;;3*-1/p-2. The van der Waals surface area contributed by atoms with E-state index in [-0.39, 0.29) is 145 Å². The molecule has 0 aliphatic rings. The first-order valence-electron chi connectivity index (χ1n) is 2.52. The van der Waals surface area contributed by atoms with Gasteiger partial charge in [-0.3, -0.25) is 8.42 Å². The summed E-state index contributed by atoms with van der Waals surface area (Å²) in [5.41, 5.74) is 0. The summed E-state index contributed by atoms with van der Waals surface area (Å²) in [6.45, 7) is 0. The van der Waals surface area contributed by atoms with Crippen molar-refractivity contribution in [1.29, 1.82) is 0 Å². The van der Waals surface area contributed by atoms with Crippen molar-refractivity contribution in [1.82, 2.24) is 0 Å². The minimum atomic E-state index is -5.62. The van der Waals surface area contributed by atoms with Crippen molar-refractivity contribution in [3.05, 3.63) is 0 Å². The SMILES string of the molecule is O=S(=O)([O-])[O-].[Ce+3].[K+].[K+].[O]=[Mn](=[O])(=[O])[O-].[O]=[Mn](=[O])(=[O])[O-].[O]=[Mn](=[O])(=[O])[O-]. The van der Waals surface area contributed by atoms with Crippen molar-refractivity contribution >= 4 is 10.4 Å². The zero-order valence-corrected chi connectivity index (χ0v) is 24.3. The van der Waals surface area contributed by atoms with Crippen LogP contribution >= 0.6 is 0 Å². The Kier molecular flexibility index (Phi) is 41.5. The van der Waals surface area contributed by atoms with Crippen LogP contribution in [0.15, 0.2) is 0 Å². The van der Waals surface area contributed by atoms with Crippen LogP contribution in [0.2, 0.25) is 0 Å². The van der Waals surface area contributed by atoms with Gasteiger partial charge < -0.3 is 9.11 Å². The van der Waals surface area contributed by atoms with Crippen LogP contribution in [0.4, 0.5) is 0 Å². The van der Waals surface area contributed by atoms with Gasteiger partial charge in [0.2, 0.25) is 0 Å². The van der Waals surface area contributed by atoms with E-state index in [0.29, 0.717) is 0 Å². The maximum atomic E-state index is 8.58. The van der Waals surface area contributed by atoms with Crippen LogP contribution in [0.5, 0.6) is 0 Å². The molecular formula is CeK2Mn3O16S. The second kappa shape index (κ2) is 20.9. The van der Waals surface area contributed by atoms with E-state index in [4.69, 9.17) is 64.6 Å². The molecule has 0 atom stereocenters. The summed E-state index contributed by atoms with van der Waals surface area (Å²) in [5.74, 6) is 0. The van der Waals surface area contributed by atoms with Crippen LogP contribution in [0.1, 0.15) is 0 Å². The Hall–Kier alpha value is 4.16. The van der Waals surface area contributed by atoms with Crippen LogP contribution < -0.4 is 115 Å². The number of hydrogen-bond acceptors (Lipinski definition) is 16. The number of hydrogen-bond donors (Lipinski definition) is 0. The van der Waals surface area contributed by atoms with Crippen molar-refractivity contribution in [2.24, 2.45) is 0 Å². The first-order chi connectivity index (χ1) is 8.00. The van der Waals surface area contributed by atoms with Gasteiger partial charge in [0.25, 0.3) is 0 Å². The Bertz CT molecular complexity index is 690. The van der Waals surface area contributed by atoms with Gasteiger partial charge in [-0.15, -0.1) is 0 Å². The predicted octanol–water partition coefficient (Wildman–Crippen LogP) is -12.0. The normalized spacial score (nSPS) is 9.96. The Labute approximate surface area is 251 Å². The molecular weight excluding hydrogens is 671 g/mol. The zero-order valence-electron chi connectivity index (χ0n) is 10.6. The van der Waals surface area contributed by atoms with Crippen LogP contribution in [-0.4, -0.2) is 17.5 Å². The van der Waals surface area contributed by atoms with E-state index >= 15 is 0 Å². The van der Waals surface area contributed by atoms with E-state index in [2.05, 4.69) is 0 Å². The molecule has 1 radical (unpaired) electrons. The second-order valence-corrected chi connectivity index (χ2v) is 5.90. The van der Waals surface area contributed by atoms with Gasteiger partial charge in [0.15, 0.2) is 0 Å². The van der Waals surface area contributed by atoms with Crippen molar-refractivity contribution in [2.45, 2.75) is 0 Å². The molecule has 0 rings (SSSR count). The van der Waals surface area contributed by atoms with Gasteiger partial charge in [-0.05, 0) is 0 Å². The molecule has 0 aromatic heterocycles. The van der Waals surface area contributed by atoms with Crippen molar-refractivity contribution in [3.8, 4) is 0 Å². The first-order valence-corrected chi connectivity index (χ1v) is 9.63. The third-order valence-electron chi connectivity index (χ3n) is 0. The molecule has 0 aliphatic carbocycles. The van der Waals surface area contributed by atoms with E-state index in [1.54, 1.807) is 0 Å². The van der Waals surface area contributed by atoms with E-state index in [1.807, 2.05) is 0 Å². The molecule has 0 saturated heterocycles. The van der Waals surface area contributed by atoms with E-state index in [9.17, 15) is 0 Å². The van der Waals surface area contributed by atoms with Gasteiger partial charge in [-0.25, -0.2) is 0 Å². The quantitative estimate of drug-likeness (QED) is 0.131. The Morgan fingerprint density at radius 2 is 0.522 bits per heavy atom. The average Bonchev–Trinajstić information content (AvgIpc) is 1.62. The first kappa shape index (κ1) is 45.7. The van der Waals surface area contributed by atoms with Gasteiger partial charge in [-0.2, -0.15) is 0 Å². The summed E-state index contributed by atoms with van der Waals surface area (Å²) in [4.78, 5) is 0. The molecule has 23 heavy (non-hydrogen) atoms. The zero-order chi connectivity index (χ0) is 18.0. The molecule has 0 fully saturated rings. The fourth-order valence-electron chi connectivity index (χ4n) is 0. The Morgan fingerprint density at radius 3 is 0.522 bits per heavy atom. The minimum absolute atomic E-state index is 0. The van der Waals surface area contributed by atoms with Gasteiger partial charge in [0, 0.05) is 10.4 Å². The topological polar surface area (TPSA) is 303 Å². The molecule has 129 valence electrons. The maximum absolute atomic E-state index is 8.58. The summed E-state index contributed by atoms with van der Waals surface area (Å²) in [6, 6.07) is 0. The summed E-state index contributed by atoms with van der Waals surface area (Å²) in [5, 5.41) is 0. The van der Waals surface area contributed by atoms with E-state index < -0.39 is 49.3 Å². The molecule has 0 N–H and O–H groups in total. The predicted molar refractivity (Wildman–Crippen MR) is 16.7 cm³/mol. The van der Waals surface area contributed by atoms with E-state index in [0.717, 1.165) is 0 Å². The van der Waals surface area contributed by atoms with Crippen molar-refractivity contribution < 1.29 is 248 Å². The van der Waals surface area contributed by atoms with E-state index in [1.165, 1.54) is 0 Å². The monoisotopic (exact) mass is 671 g/mol. The van der Waals surface area contributed by atoms with Crippen molar-refractivity contribution in [2.75, 3.05) is 0 Å². The van der Waals surface area contributed by atoms with Gasteiger partial charge in [0.1, 0.15) is 0 Å². The molecule has 0 unspecified atom stereocenters. The summed E-state index contributed by atoms with van der Waals surface area (Å²) >= 11 is -16.9. The number of rotatable bonds is 0. The van der Waals surface area contributed by atoms with Crippen LogP contribution in [0, 0.1) is 41.7 Å². The average molecular weight is 671 g/mol. The molecule has 0 aromatic rings. The Morgan fingerprint density at radius 1 is 0.522 bits per heavy atom. The second-order valence-electron chi connectivity index (χ2n) is 1.54. The van der Waals surface area contributed by atoms with Crippen LogP contribution in [-0.2, 0) is 83.8 Å². The molecule has 0 spiro atoms. The molecule has 16 nitrogen and oxygen atoms in total. The summed E-state index contributed by atoms with van der Waals surface area (Å²) < 4.78 is 137. The van der Waals surface area contributed by atoms with Crippen LogP contribution in [0.3, 0.4) is 0 Å². The van der Waals surface area contributed by atoms with Gasteiger partial charge in [0.05, 0.1) is 0 Å². The third kappa shape index (κ3) is 883. The van der Waals surface area contributed by atoms with Gasteiger partial charge >= 0.3 is 231 Å². The molecule has 0 aliphatic heterocycles. The van der Waals surface area contributed by atoms with Crippen LogP contribution in [0.25, 0.3) is 0 Å². The molecule has 0 aromatic carbocycles. The van der Waals surface area contributed by atoms with Crippen molar-refractivity contribution in [3.63, 3.8) is 0 Å². The molecule has 23 heteroatoms. The Balaban J connectivity index is -0.0000000284.